The number of rotatable bonds is 2. The van der Waals surface area contributed by atoms with Crippen LogP contribution in [0, 0.1) is 13.8 Å². The van der Waals surface area contributed by atoms with Gasteiger partial charge in [-0.05, 0) is 49.7 Å². The van der Waals surface area contributed by atoms with Crippen molar-refractivity contribution in [1.29, 1.82) is 0 Å². The number of benzene rings is 2. The molecule has 1 aromatic heterocycles. The van der Waals surface area contributed by atoms with Gasteiger partial charge in [0.2, 0.25) is 0 Å². The molecule has 0 bridgehead atoms. The molecule has 1 amide bonds. The lowest BCUT2D eigenvalue weighted by Gasteiger charge is -2.21. The van der Waals surface area contributed by atoms with Crippen molar-refractivity contribution in [3.8, 4) is 5.69 Å². The van der Waals surface area contributed by atoms with E-state index in [1.165, 1.54) is 10.5 Å². The van der Waals surface area contributed by atoms with Crippen molar-refractivity contribution in [2.45, 2.75) is 25.3 Å². The number of hydrogen-bond acceptors (Lipinski definition) is 3. The van der Waals surface area contributed by atoms with E-state index in [1.54, 1.807) is 0 Å². The first-order chi connectivity index (χ1) is 13.0. The number of thioether (sulfide) groups is 1. The van der Waals surface area contributed by atoms with E-state index in [0.29, 0.717) is 12.1 Å². The monoisotopic (exact) mass is 441 g/mol. The van der Waals surface area contributed by atoms with Crippen LogP contribution in [-0.2, 0) is 6.54 Å². The minimum atomic E-state index is 0.0608. The van der Waals surface area contributed by atoms with Gasteiger partial charge in [0.25, 0.3) is 5.91 Å². The Morgan fingerprint density at radius 1 is 1.11 bits per heavy atom. The van der Waals surface area contributed by atoms with Gasteiger partial charge < -0.3 is 4.90 Å². The maximum Gasteiger partial charge on any atom is 0.257 e. The van der Waals surface area contributed by atoms with Crippen molar-refractivity contribution < 1.29 is 4.79 Å². The summed E-state index contributed by atoms with van der Waals surface area (Å²) in [4.78, 5) is 16.6. The van der Waals surface area contributed by atoms with Crippen molar-refractivity contribution in [2.24, 2.45) is 0 Å². The molecule has 0 unspecified atom stereocenters. The Labute approximate surface area is 171 Å². The third-order valence-corrected chi connectivity index (χ3v) is 6.44. The molecule has 1 aliphatic heterocycles. The molecule has 1 aliphatic rings. The van der Waals surface area contributed by atoms with E-state index < -0.39 is 0 Å². The highest BCUT2D eigenvalue weighted by atomic mass is 79.9. The van der Waals surface area contributed by atoms with Crippen molar-refractivity contribution >= 4 is 33.6 Å². The highest BCUT2D eigenvalue weighted by Crippen LogP contribution is 2.29. The minimum absolute atomic E-state index is 0.0608. The lowest BCUT2D eigenvalue weighted by molar-refractivity contribution is 0.0753. The summed E-state index contributed by atoms with van der Waals surface area (Å²) in [6.07, 6.45) is 0. The summed E-state index contributed by atoms with van der Waals surface area (Å²) in [6.45, 7) is 5.26. The predicted molar refractivity (Wildman–Crippen MR) is 113 cm³/mol. The SMILES string of the molecule is Cc1nn(-c2ccc(Br)cc2)c(C)c1C(=O)N1CCSc2ccccc2C1. The van der Waals surface area contributed by atoms with E-state index in [1.807, 2.05) is 65.5 Å². The normalized spacial score (nSPS) is 14.0. The molecule has 2 aromatic carbocycles. The van der Waals surface area contributed by atoms with Crippen molar-refractivity contribution in [3.05, 3.63) is 75.5 Å². The van der Waals surface area contributed by atoms with Gasteiger partial charge in [-0.25, -0.2) is 4.68 Å². The van der Waals surface area contributed by atoms with Crippen LogP contribution in [0.25, 0.3) is 5.69 Å². The molecule has 6 heteroatoms. The first-order valence-electron chi connectivity index (χ1n) is 8.87. The number of nitrogens with zero attached hydrogens (tertiary/aromatic N) is 3. The summed E-state index contributed by atoms with van der Waals surface area (Å²) in [6, 6.07) is 16.3. The molecule has 0 spiro atoms. The molecule has 0 fully saturated rings. The fraction of sp³-hybridized carbons (Fsp3) is 0.238. The molecule has 0 aliphatic carbocycles. The molecule has 0 radical (unpaired) electrons. The number of amides is 1. The smallest absolute Gasteiger partial charge is 0.257 e. The van der Waals surface area contributed by atoms with E-state index in [9.17, 15) is 4.79 Å². The van der Waals surface area contributed by atoms with Gasteiger partial charge in [0.15, 0.2) is 0 Å². The number of carbonyl (C=O) groups is 1. The van der Waals surface area contributed by atoms with Gasteiger partial charge in [-0.15, -0.1) is 11.8 Å². The fourth-order valence-corrected chi connectivity index (χ4v) is 4.73. The Morgan fingerprint density at radius 2 is 1.85 bits per heavy atom. The largest absolute Gasteiger partial charge is 0.333 e. The first-order valence-corrected chi connectivity index (χ1v) is 10.6. The van der Waals surface area contributed by atoms with Crippen LogP contribution in [0.4, 0.5) is 0 Å². The topological polar surface area (TPSA) is 38.1 Å². The molecular formula is C21H20BrN3OS. The van der Waals surface area contributed by atoms with E-state index in [-0.39, 0.29) is 5.91 Å². The Morgan fingerprint density at radius 3 is 2.63 bits per heavy atom. The third-order valence-electron chi connectivity index (χ3n) is 4.82. The number of aromatic nitrogens is 2. The highest BCUT2D eigenvalue weighted by molar-refractivity contribution is 9.10. The van der Waals surface area contributed by atoms with Crippen LogP contribution >= 0.6 is 27.7 Å². The van der Waals surface area contributed by atoms with Crippen molar-refractivity contribution in [2.75, 3.05) is 12.3 Å². The molecule has 4 nitrogen and oxygen atoms in total. The Kier molecular flexibility index (Phi) is 5.10. The molecule has 0 atom stereocenters. The van der Waals surface area contributed by atoms with Crippen molar-refractivity contribution in [1.82, 2.24) is 14.7 Å². The zero-order chi connectivity index (χ0) is 19.0. The average molecular weight is 442 g/mol. The second-order valence-corrected chi connectivity index (χ2v) is 8.67. The number of carbonyl (C=O) groups excluding carboxylic acids is 1. The fourth-order valence-electron chi connectivity index (χ4n) is 3.44. The van der Waals surface area contributed by atoms with Gasteiger partial charge in [0.05, 0.1) is 22.6 Å². The maximum absolute atomic E-state index is 13.4. The molecule has 0 saturated carbocycles. The third kappa shape index (κ3) is 3.56. The number of aryl methyl sites for hydroxylation is 1. The maximum atomic E-state index is 13.4. The number of fused-ring (bicyclic) bond motifs is 1. The lowest BCUT2D eigenvalue weighted by Crippen LogP contribution is -2.32. The number of hydrogen-bond donors (Lipinski definition) is 0. The van der Waals surface area contributed by atoms with Crippen LogP contribution in [-0.4, -0.2) is 32.9 Å². The molecule has 3 aromatic rings. The standard InChI is InChI=1S/C21H20BrN3OS/c1-14-20(15(2)25(23-14)18-9-7-17(22)8-10-18)21(26)24-11-12-27-19-6-4-3-5-16(19)13-24/h3-10H,11-13H2,1-2H3. The first kappa shape index (κ1) is 18.3. The molecule has 27 heavy (non-hydrogen) atoms. The molecular weight excluding hydrogens is 422 g/mol. The van der Waals surface area contributed by atoms with Gasteiger partial charge in [-0.2, -0.15) is 5.10 Å². The summed E-state index contributed by atoms with van der Waals surface area (Å²) in [5, 5.41) is 4.64. The van der Waals surface area contributed by atoms with Crippen LogP contribution in [0.1, 0.15) is 27.3 Å². The van der Waals surface area contributed by atoms with Gasteiger partial charge in [0.1, 0.15) is 0 Å². The molecule has 0 N–H and O–H groups in total. The minimum Gasteiger partial charge on any atom is -0.333 e. The summed E-state index contributed by atoms with van der Waals surface area (Å²) >= 11 is 5.28. The second-order valence-electron chi connectivity index (χ2n) is 6.62. The van der Waals surface area contributed by atoms with Crippen LogP contribution in [0.5, 0.6) is 0 Å². The molecule has 4 rings (SSSR count). The van der Waals surface area contributed by atoms with E-state index >= 15 is 0 Å². The molecule has 0 saturated heterocycles. The predicted octanol–water partition coefficient (Wildman–Crippen LogP) is 5.00. The highest BCUT2D eigenvalue weighted by Gasteiger charge is 2.26. The van der Waals surface area contributed by atoms with Gasteiger partial charge >= 0.3 is 0 Å². The summed E-state index contributed by atoms with van der Waals surface area (Å²) < 4.78 is 2.88. The zero-order valence-corrected chi connectivity index (χ0v) is 17.7. The second kappa shape index (κ2) is 7.52. The number of halogens is 1. The molecule has 2 heterocycles. The summed E-state index contributed by atoms with van der Waals surface area (Å²) in [7, 11) is 0. The Hall–Kier alpha value is -2.05. The van der Waals surface area contributed by atoms with Crippen molar-refractivity contribution in [3.63, 3.8) is 0 Å². The van der Waals surface area contributed by atoms with E-state index in [4.69, 9.17) is 0 Å². The van der Waals surface area contributed by atoms with Crippen LogP contribution < -0.4 is 0 Å². The van der Waals surface area contributed by atoms with Crippen LogP contribution in [0.15, 0.2) is 57.9 Å². The van der Waals surface area contributed by atoms with Crippen LogP contribution in [0.3, 0.4) is 0 Å². The van der Waals surface area contributed by atoms with Crippen LogP contribution in [0.2, 0.25) is 0 Å². The Bertz CT molecular complexity index is 997. The van der Waals surface area contributed by atoms with E-state index in [0.717, 1.165) is 33.8 Å². The van der Waals surface area contributed by atoms with Gasteiger partial charge in [-0.3, -0.25) is 4.79 Å². The van der Waals surface area contributed by atoms with E-state index in [2.05, 4.69) is 39.2 Å². The average Bonchev–Trinajstić information content (AvgIpc) is 2.84. The Balaban J connectivity index is 1.67. The quantitative estimate of drug-likeness (QED) is 0.561. The lowest BCUT2D eigenvalue weighted by atomic mass is 10.1. The summed E-state index contributed by atoms with van der Waals surface area (Å²) in [5.74, 6) is 0.965. The molecule has 138 valence electrons. The van der Waals surface area contributed by atoms with Gasteiger partial charge in [-0.1, -0.05) is 34.1 Å². The van der Waals surface area contributed by atoms with Gasteiger partial charge in [0, 0.05) is 28.2 Å². The zero-order valence-electron chi connectivity index (χ0n) is 15.3. The summed E-state index contributed by atoms with van der Waals surface area (Å²) in [5.41, 5.74) is 4.52.